The molecule has 0 unspecified atom stereocenters. The van der Waals surface area contributed by atoms with Crippen LogP contribution in [0.1, 0.15) is 24.0 Å². The Morgan fingerprint density at radius 3 is 2.37 bits per heavy atom. The van der Waals surface area contributed by atoms with Crippen molar-refractivity contribution in [2.45, 2.75) is 24.8 Å². The number of carbonyl (C=O) groups excluding carboxylic acids is 1. The third kappa shape index (κ3) is 4.80. The van der Waals surface area contributed by atoms with E-state index in [0.29, 0.717) is 17.3 Å². The van der Waals surface area contributed by atoms with Gasteiger partial charge in [-0.3, -0.25) is 9.80 Å². The number of urea groups is 1. The summed E-state index contributed by atoms with van der Waals surface area (Å²) in [5.41, 5.74) is 5.93. The number of hydrogen-bond acceptors (Lipinski definition) is 2. The van der Waals surface area contributed by atoms with Gasteiger partial charge in [-0.1, -0.05) is 66.2 Å². The zero-order chi connectivity index (χ0) is 26.1. The summed E-state index contributed by atoms with van der Waals surface area (Å²) in [6.07, 6.45) is 1.73. The fourth-order valence-corrected chi connectivity index (χ4v) is 6.04. The average Bonchev–Trinajstić information content (AvgIpc) is 3.25. The maximum Gasteiger partial charge on any atom is 0.326 e. The van der Waals surface area contributed by atoms with Gasteiger partial charge in [0.05, 0.1) is 0 Å². The number of anilines is 2. The minimum atomic E-state index is -0.262. The minimum Gasteiger partial charge on any atom is -0.308 e. The number of benzene rings is 4. The second-order valence-corrected chi connectivity index (χ2v) is 10.7. The van der Waals surface area contributed by atoms with Crippen molar-refractivity contribution in [1.82, 2.24) is 4.90 Å². The molecule has 0 bridgehead atoms. The first kappa shape index (κ1) is 24.7. The van der Waals surface area contributed by atoms with Gasteiger partial charge in [-0.05, 0) is 90.6 Å². The minimum absolute atomic E-state index is 0.212. The Labute approximate surface area is 227 Å². The van der Waals surface area contributed by atoms with Crippen molar-refractivity contribution in [3.63, 3.8) is 0 Å². The molecule has 0 aliphatic carbocycles. The molecule has 6 rings (SSSR count). The summed E-state index contributed by atoms with van der Waals surface area (Å²) in [6.45, 7) is 3.16. The van der Waals surface area contributed by atoms with Crippen molar-refractivity contribution in [2.24, 2.45) is 0 Å². The first-order valence-electron chi connectivity index (χ1n) is 13.0. The van der Waals surface area contributed by atoms with Crippen LogP contribution in [0.5, 0.6) is 0 Å². The first-order chi connectivity index (χ1) is 18.5. The SMILES string of the molecule is O=C(Nc1ccc(Cl)cc1)N1CC2(CCN(Cc3ccccc3-c3ccccc3)CC2)c2cc(F)ccc21. The Kier molecular flexibility index (Phi) is 6.64. The monoisotopic (exact) mass is 525 g/mol. The van der Waals surface area contributed by atoms with E-state index in [1.807, 2.05) is 6.07 Å². The summed E-state index contributed by atoms with van der Waals surface area (Å²) in [7, 11) is 0. The van der Waals surface area contributed by atoms with E-state index in [2.05, 4.69) is 58.7 Å². The molecule has 4 aromatic rings. The average molecular weight is 526 g/mol. The number of carbonyl (C=O) groups is 1. The fraction of sp³-hybridized carbons (Fsp3) is 0.219. The number of rotatable bonds is 4. The Hall–Kier alpha value is -3.67. The van der Waals surface area contributed by atoms with Crippen molar-refractivity contribution in [3.05, 3.63) is 119 Å². The summed E-state index contributed by atoms with van der Waals surface area (Å²) in [5.74, 6) is -0.262. The van der Waals surface area contributed by atoms with E-state index in [1.54, 1.807) is 41.3 Å². The molecule has 2 aliphatic heterocycles. The molecule has 0 aromatic heterocycles. The molecule has 2 aliphatic rings. The van der Waals surface area contributed by atoms with Crippen LogP contribution in [0.2, 0.25) is 5.02 Å². The number of hydrogen-bond donors (Lipinski definition) is 1. The van der Waals surface area contributed by atoms with Gasteiger partial charge in [0.25, 0.3) is 0 Å². The van der Waals surface area contributed by atoms with Gasteiger partial charge in [-0.2, -0.15) is 0 Å². The van der Waals surface area contributed by atoms with Crippen LogP contribution in [-0.4, -0.2) is 30.6 Å². The molecule has 0 radical (unpaired) electrons. The zero-order valence-corrected chi connectivity index (χ0v) is 21.8. The van der Waals surface area contributed by atoms with Gasteiger partial charge in [0, 0.05) is 34.9 Å². The molecular formula is C32H29ClFN3O. The maximum absolute atomic E-state index is 14.4. The van der Waals surface area contributed by atoms with Crippen LogP contribution in [0.25, 0.3) is 11.1 Å². The van der Waals surface area contributed by atoms with E-state index in [1.165, 1.54) is 22.8 Å². The van der Waals surface area contributed by atoms with E-state index in [9.17, 15) is 9.18 Å². The topological polar surface area (TPSA) is 35.6 Å². The third-order valence-corrected chi connectivity index (χ3v) is 8.18. The normalized spacial score (nSPS) is 16.4. The molecule has 38 heavy (non-hydrogen) atoms. The molecule has 0 saturated carbocycles. The van der Waals surface area contributed by atoms with E-state index in [-0.39, 0.29) is 17.3 Å². The Morgan fingerprint density at radius 2 is 1.61 bits per heavy atom. The van der Waals surface area contributed by atoms with Crippen LogP contribution < -0.4 is 10.2 Å². The largest absolute Gasteiger partial charge is 0.326 e. The predicted molar refractivity (Wildman–Crippen MR) is 152 cm³/mol. The lowest BCUT2D eigenvalue weighted by atomic mass is 9.74. The number of amides is 2. The Morgan fingerprint density at radius 1 is 0.895 bits per heavy atom. The molecule has 192 valence electrons. The highest BCUT2D eigenvalue weighted by Gasteiger charge is 2.46. The molecule has 0 atom stereocenters. The van der Waals surface area contributed by atoms with Crippen molar-refractivity contribution in [1.29, 1.82) is 0 Å². The van der Waals surface area contributed by atoms with E-state index < -0.39 is 0 Å². The second kappa shape index (κ2) is 10.2. The van der Waals surface area contributed by atoms with Gasteiger partial charge in [0.2, 0.25) is 0 Å². The van der Waals surface area contributed by atoms with Crippen LogP contribution in [0.3, 0.4) is 0 Å². The third-order valence-electron chi connectivity index (χ3n) is 7.93. The number of halogens is 2. The van der Waals surface area contributed by atoms with Gasteiger partial charge in [-0.25, -0.2) is 9.18 Å². The summed E-state index contributed by atoms with van der Waals surface area (Å²) in [6, 6.07) is 30.7. The van der Waals surface area contributed by atoms with E-state index >= 15 is 0 Å². The summed E-state index contributed by atoms with van der Waals surface area (Å²) < 4.78 is 14.4. The lowest BCUT2D eigenvalue weighted by Crippen LogP contribution is -2.46. The van der Waals surface area contributed by atoms with E-state index in [4.69, 9.17) is 11.6 Å². The molecule has 4 aromatic carbocycles. The van der Waals surface area contributed by atoms with Gasteiger partial charge >= 0.3 is 6.03 Å². The standard InChI is InChI=1S/C32H29ClFN3O/c33-25-10-13-27(14-11-25)35-31(38)37-22-32(29-20-26(34)12-15-30(29)37)16-18-36(19-17-32)21-24-8-4-5-9-28(24)23-6-2-1-3-7-23/h1-15,20H,16-19,21-22H2,(H,35,38). The van der Waals surface area contributed by atoms with Crippen LogP contribution >= 0.6 is 11.6 Å². The van der Waals surface area contributed by atoms with Crippen molar-refractivity contribution in [3.8, 4) is 11.1 Å². The molecule has 6 heteroatoms. The molecule has 1 saturated heterocycles. The van der Waals surface area contributed by atoms with Crippen LogP contribution in [0, 0.1) is 5.82 Å². The predicted octanol–water partition coefficient (Wildman–Crippen LogP) is 7.73. The number of piperidine rings is 1. The molecule has 2 heterocycles. The number of likely N-dealkylation sites (tertiary alicyclic amines) is 1. The number of nitrogens with zero attached hydrogens (tertiary/aromatic N) is 2. The summed E-state index contributed by atoms with van der Waals surface area (Å²) >= 11 is 5.99. The smallest absolute Gasteiger partial charge is 0.308 e. The van der Waals surface area contributed by atoms with Crippen LogP contribution in [-0.2, 0) is 12.0 Å². The van der Waals surface area contributed by atoms with Crippen molar-refractivity contribution < 1.29 is 9.18 Å². The van der Waals surface area contributed by atoms with Gasteiger partial charge in [-0.15, -0.1) is 0 Å². The maximum atomic E-state index is 14.4. The number of fused-ring (bicyclic) bond motifs is 2. The van der Waals surface area contributed by atoms with Gasteiger partial charge < -0.3 is 5.32 Å². The number of nitrogens with one attached hydrogen (secondary N) is 1. The summed E-state index contributed by atoms with van der Waals surface area (Å²) in [4.78, 5) is 17.6. The lowest BCUT2D eigenvalue weighted by molar-refractivity contribution is 0.160. The van der Waals surface area contributed by atoms with Gasteiger partial charge in [0.1, 0.15) is 5.82 Å². The molecule has 1 N–H and O–H groups in total. The fourth-order valence-electron chi connectivity index (χ4n) is 5.91. The first-order valence-corrected chi connectivity index (χ1v) is 13.4. The molecule has 2 amide bonds. The highest BCUT2D eigenvalue weighted by molar-refractivity contribution is 6.30. The van der Waals surface area contributed by atoms with Crippen LogP contribution in [0.4, 0.5) is 20.6 Å². The van der Waals surface area contributed by atoms with Gasteiger partial charge in [0.15, 0.2) is 0 Å². The van der Waals surface area contributed by atoms with Crippen molar-refractivity contribution >= 4 is 29.0 Å². The quantitative estimate of drug-likeness (QED) is 0.296. The van der Waals surface area contributed by atoms with Crippen molar-refractivity contribution in [2.75, 3.05) is 29.9 Å². The summed E-state index contributed by atoms with van der Waals surface area (Å²) in [5, 5.41) is 3.59. The van der Waals surface area contributed by atoms with E-state index in [0.717, 1.165) is 43.7 Å². The highest BCUT2D eigenvalue weighted by Crippen LogP contribution is 2.47. The molecular weight excluding hydrogens is 497 g/mol. The second-order valence-electron chi connectivity index (χ2n) is 10.3. The highest BCUT2D eigenvalue weighted by atomic mass is 35.5. The molecule has 4 nitrogen and oxygen atoms in total. The Bertz CT molecular complexity index is 1450. The van der Waals surface area contributed by atoms with Crippen LogP contribution in [0.15, 0.2) is 97.1 Å². The lowest BCUT2D eigenvalue weighted by Gasteiger charge is -2.40. The Balaban J connectivity index is 1.20. The zero-order valence-electron chi connectivity index (χ0n) is 21.0. The molecule has 1 spiro atoms. The molecule has 1 fully saturated rings.